The van der Waals surface area contributed by atoms with E-state index in [0.717, 1.165) is 38.5 Å². The van der Waals surface area contributed by atoms with Crippen LogP contribution in [0.2, 0.25) is 0 Å². The van der Waals surface area contributed by atoms with E-state index in [2.05, 4.69) is 19.2 Å². The summed E-state index contributed by atoms with van der Waals surface area (Å²) in [6, 6.07) is -1.10. The maximum absolute atomic E-state index is 12.6. The Morgan fingerprint density at radius 3 is 0.941 bits per heavy atom. The molecule has 0 saturated heterocycles. The number of amides is 1. The Morgan fingerprint density at radius 2 is 0.667 bits per heavy atom. The van der Waals surface area contributed by atoms with E-state index in [0.29, 0.717) is 12.8 Å². The van der Waals surface area contributed by atoms with Crippen molar-refractivity contribution >= 4 is 5.91 Å². The number of carbonyl (C=O) groups excluding carboxylic acids is 1. The SMILES string of the molecule is CCCCCCCCCCCCCCCCCCCCCC(O)C(O)C(=O)NC(CO)C(O)C(O)CCCCCCCCCCCCCCCC. The smallest absolute Gasteiger partial charge is 0.251 e. The second kappa shape index (κ2) is 39.0. The number of hydrogen-bond acceptors (Lipinski definition) is 6. The topological polar surface area (TPSA) is 130 Å². The molecule has 0 spiro atoms. The molecule has 0 aromatic heterocycles. The van der Waals surface area contributed by atoms with Crippen LogP contribution in [0.25, 0.3) is 0 Å². The first-order valence-corrected chi connectivity index (χ1v) is 22.5. The molecule has 0 radical (unpaired) electrons. The monoisotopic (exact) mass is 728 g/mol. The molecule has 306 valence electrons. The summed E-state index contributed by atoms with van der Waals surface area (Å²) in [6.45, 7) is 3.96. The van der Waals surface area contributed by atoms with Crippen LogP contribution in [-0.4, -0.2) is 68.5 Å². The second-order valence-corrected chi connectivity index (χ2v) is 15.9. The fraction of sp³-hybridized carbons (Fsp3) is 0.977. The van der Waals surface area contributed by atoms with Crippen LogP contribution in [0.5, 0.6) is 0 Å². The molecule has 0 heterocycles. The van der Waals surface area contributed by atoms with Gasteiger partial charge in [0, 0.05) is 0 Å². The number of rotatable bonds is 41. The second-order valence-electron chi connectivity index (χ2n) is 15.9. The highest BCUT2D eigenvalue weighted by Gasteiger charge is 2.31. The van der Waals surface area contributed by atoms with Crippen LogP contribution < -0.4 is 5.32 Å². The van der Waals surface area contributed by atoms with Gasteiger partial charge in [-0.15, -0.1) is 0 Å². The zero-order valence-corrected chi connectivity index (χ0v) is 34.0. The lowest BCUT2D eigenvalue weighted by Crippen LogP contribution is -2.54. The van der Waals surface area contributed by atoms with Gasteiger partial charge in [-0.3, -0.25) is 4.79 Å². The Labute approximate surface area is 316 Å². The summed E-state index contributed by atoms with van der Waals surface area (Å²) in [5, 5.41) is 54.0. The molecule has 51 heavy (non-hydrogen) atoms. The molecule has 5 atom stereocenters. The molecule has 0 fully saturated rings. The van der Waals surface area contributed by atoms with Gasteiger partial charge in [0.25, 0.3) is 5.91 Å². The van der Waals surface area contributed by atoms with Crippen LogP contribution in [0.4, 0.5) is 0 Å². The van der Waals surface area contributed by atoms with Crippen molar-refractivity contribution in [1.29, 1.82) is 0 Å². The third kappa shape index (κ3) is 32.4. The molecule has 0 aliphatic rings. The summed E-state index contributed by atoms with van der Waals surface area (Å²) < 4.78 is 0. The first kappa shape index (κ1) is 50.3. The lowest BCUT2D eigenvalue weighted by Gasteiger charge is -2.28. The minimum Gasteiger partial charge on any atom is -0.394 e. The number of unbranched alkanes of at least 4 members (excludes halogenated alkanes) is 31. The van der Waals surface area contributed by atoms with Gasteiger partial charge in [0.2, 0.25) is 0 Å². The van der Waals surface area contributed by atoms with Crippen molar-refractivity contribution < 1.29 is 30.3 Å². The van der Waals surface area contributed by atoms with Crippen molar-refractivity contribution in [1.82, 2.24) is 5.32 Å². The van der Waals surface area contributed by atoms with E-state index < -0.39 is 43.0 Å². The third-order valence-electron chi connectivity index (χ3n) is 10.9. The van der Waals surface area contributed by atoms with Gasteiger partial charge in [0.15, 0.2) is 6.10 Å². The highest BCUT2D eigenvalue weighted by molar-refractivity contribution is 5.81. The van der Waals surface area contributed by atoms with Gasteiger partial charge < -0.3 is 30.8 Å². The zero-order chi connectivity index (χ0) is 37.6. The Morgan fingerprint density at radius 1 is 0.412 bits per heavy atom. The molecule has 0 aromatic rings. The predicted octanol–water partition coefficient (Wildman–Crippen LogP) is 10.6. The van der Waals surface area contributed by atoms with Crippen LogP contribution >= 0.6 is 0 Å². The van der Waals surface area contributed by atoms with Crippen LogP contribution in [0, 0.1) is 0 Å². The maximum atomic E-state index is 12.6. The molecular formula is C44H89NO6. The summed E-state index contributed by atoms with van der Waals surface area (Å²) in [7, 11) is 0. The predicted molar refractivity (Wildman–Crippen MR) is 216 cm³/mol. The third-order valence-corrected chi connectivity index (χ3v) is 10.9. The molecule has 0 aliphatic carbocycles. The number of nitrogens with one attached hydrogen (secondary N) is 1. The summed E-state index contributed by atoms with van der Waals surface area (Å²) in [6.07, 6.45) is 37.3. The fourth-order valence-electron chi connectivity index (χ4n) is 7.26. The van der Waals surface area contributed by atoms with Crippen molar-refractivity contribution in [3.8, 4) is 0 Å². The van der Waals surface area contributed by atoms with E-state index in [4.69, 9.17) is 0 Å². The molecule has 1 amide bonds. The average Bonchev–Trinajstić information content (AvgIpc) is 3.13. The average molecular weight is 728 g/mol. The van der Waals surface area contributed by atoms with Crippen molar-refractivity contribution in [2.24, 2.45) is 0 Å². The summed E-state index contributed by atoms with van der Waals surface area (Å²) >= 11 is 0. The highest BCUT2D eigenvalue weighted by Crippen LogP contribution is 2.17. The van der Waals surface area contributed by atoms with Crippen LogP contribution in [0.1, 0.15) is 239 Å². The molecule has 0 aliphatic heterocycles. The molecule has 7 heteroatoms. The molecule has 0 aromatic carbocycles. The van der Waals surface area contributed by atoms with Crippen molar-refractivity contribution in [2.75, 3.05) is 6.61 Å². The number of carbonyl (C=O) groups is 1. The van der Waals surface area contributed by atoms with E-state index in [9.17, 15) is 30.3 Å². The lowest BCUT2D eigenvalue weighted by molar-refractivity contribution is -0.138. The number of hydrogen-bond donors (Lipinski definition) is 6. The van der Waals surface area contributed by atoms with Gasteiger partial charge >= 0.3 is 0 Å². The van der Waals surface area contributed by atoms with Crippen LogP contribution in [-0.2, 0) is 4.79 Å². The van der Waals surface area contributed by atoms with E-state index in [1.165, 1.54) is 173 Å². The number of aliphatic hydroxyl groups is 5. The standard InChI is InChI=1S/C44H89NO6/c1-3-5-7-9-11-13-15-17-19-20-21-22-23-25-27-29-31-33-35-37-41(48)43(50)44(51)45-39(38-46)42(49)40(47)36-34-32-30-28-26-24-18-16-14-12-10-8-6-4-2/h39-43,46-50H,3-38H2,1-2H3,(H,45,51). The van der Waals surface area contributed by atoms with Crippen LogP contribution in [0.15, 0.2) is 0 Å². The van der Waals surface area contributed by atoms with E-state index in [-0.39, 0.29) is 0 Å². The van der Waals surface area contributed by atoms with Gasteiger partial charge in [0.1, 0.15) is 6.10 Å². The quantitative estimate of drug-likeness (QED) is 0.0348. The highest BCUT2D eigenvalue weighted by atomic mass is 16.3. The van der Waals surface area contributed by atoms with Crippen molar-refractivity contribution in [2.45, 2.75) is 269 Å². The number of aliphatic hydroxyl groups excluding tert-OH is 5. The van der Waals surface area contributed by atoms with Crippen molar-refractivity contribution in [3.63, 3.8) is 0 Å². The Hall–Kier alpha value is -0.730. The molecule has 0 rings (SSSR count). The molecule has 7 nitrogen and oxygen atoms in total. The van der Waals surface area contributed by atoms with E-state index in [1.807, 2.05) is 0 Å². The fourth-order valence-corrected chi connectivity index (χ4v) is 7.26. The Bertz CT molecular complexity index is 709. The first-order chi connectivity index (χ1) is 24.9. The molecule has 0 saturated carbocycles. The largest absolute Gasteiger partial charge is 0.394 e. The van der Waals surface area contributed by atoms with Gasteiger partial charge in [0.05, 0.1) is 24.9 Å². The van der Waals surface area contributed by atoms with Gasteiger partial charge in [-0.05, 0) is 12.8 Å². The Kier molecular flexibility index (Phi) is 38.4. The van der Waals surface area contributed by atoms with Crippen molar-refractivity contribution in [3.05, 3.63) is 0 Å². The lowest BCUT2D eigenvalue weighted by atomic mass is 9.98. The van der Waals surface area contributed by atoms with Gasteiger partial charge in [-0.2, -0.15) is 0 Å². The maximum Gasteiger partial charge on any atom is 0.251 e. The molecule has 6 N–H and O–H groups in total. The molecule has 0 bridgehead atoms. The van der Waals surface area contributed by atoms with Gasteiger partial charge in [-0.1, -0.05) is 226 Å². The van der Waals surface area contributed by atoms with Gasteiger partial charge in [-0.25, -0.2) is 0 Å². The zero-order valence-electron chi connectivity index (χ0n) is 34.0. The molecular weight excluding hydrogens is 638 g/mol. The summed E-state index contributed by atoms with van der Waals surface area (Å²) in [5.41, 5.74) is 0. The minimum atomic E-state index is -1.63. The van der Waals surface area contributed by atoms with E-state index in [1.54, 1.807) is 0 Å². The normalized spacial score (nSPS) is 14.7. The van der Waals surface area contributed by atoms with Crippen LogP contribution in [0.3, 0.4) is 0 Å². The summed E-state index contributed by atoms with van der Waals surface area (Å²) in [5.74, 6) is -0.831. The van der Waals surface area contributed by atoms with E-state index >= 15 is 0 Å². The molecule has 5 unspecified atom stereocenters. The first-order valence-electron chi connectivity index (χ1n) is 22.5. The minimum absolute atomic E-state index is 0.321. The Balaban J connectivity index is 3.79. The summed E-state index contributed by atoms with van der Waals surface area (Å²) in [4.78, 5) is 12.6.